The predicted octanol–water partition coefficient (Wildman–Crippen LogP) is 3.33. The molecule has 0 bridgehead atoms. The summed E-state index contributed by atoms with van der Waals surface area (Å²) in [7, 11) is 0. The molecule has 0 amide bonds. The molecular formula is C19H18FN3O. The number of aromatic amines is 1. The van der Waals surface area contributed by atoms with Crippen LogP contribution in [0.3, 0.4) is 0 Å². The van der Waals surface area contributed by atoms with Crippen molar-refractivity contribution in [2.75, 3.05) is 13.1 Å². The van der Waals surface area contributed by atoms with E-state index in [1.54, 1.807) is 18.2 Å². The molecule has 3 aromatic rings. The zero-order valence-corrected chi connectivity index (χ0v) is 13.3. The number of hydrogen-bond acceptors (Lipinski definition) is 3. The predicted molar refractivity (Wildman–Crippen MR) is 92.3 cm³/mol. The lowest BCUT2D eigenvalue weighted by Crippen LogP contribution is -2.19. The molecule has 24 heavy (non-hydrogen) atoms. The summed E-state index contributed by atoms with van der Waals surface area (Å²) in [5.74, 6) is 0.226. The second-order valence-corrected chi connectivity index (χ2v) is 6.22. The number of para-hydroxylation sites is 1. The first-order valence-corrected chi connectivity index (χ1v) is 8.21. The highest BCUT2D eigenvalue weighted by molar-refractivity contribution is 5.79. The first-order chi connectivity index (χ1) is 11.7. The van der Waals surface area contributed by atoms with E-state index in [4.69, 9.17) is 0 Å². The number of nitrogens with one attached hydrogen (secondary N) is 1. The van der Waals surface area contributed by atoms with E-state index >= 15 is 0 Å². The van der Waals surface area contributed by atoms with Crippen molar-refractivity contribution in [3.63, 3.8) is 0 Å². The Morgan fingerprint density at radius 1 is 1.12 bits per heavy atom. The van der Waals surface area contributed by atoms with Crippen LogP contribution in [0.15, 0.2) is 47.3 Å². The summed E-state index contributed by atoms with van der Waals surface area (Å²) in [6, 6.07) is 11.9. The summed E-state index contributed by atoms with van der Waals surface area (Å²) in [5.41, 5.74) is 2.11. The smallest absolute Gasteiger partial charge is 0.259 e. The van der Waals surface area contributed by atoms with Gasteiger partial charge in [0.15, 0.2) is 0 Å². The number of hydrogen-bond donors (Lipinski definition) is 1. The quantitative estimate of drug-likeness (QED) is 0.804. The van der Waals surface area contributed by atoms with Crippen LogP contribution in [0.2, 0.25) is 0 Å². The number of rotatable bonds is 3. The van der Waals surface area contributed by atoms with Crippen LogP contribution in [0.1, 0.15) is 18.4 Å². The molecule has 1 saturated heterocycles. The van der Waals surface area contributed by atoms with Gasteiger partial charge in [-0.25, -0.2) is 9.37 Å². The number of H-pyrrole nitrogens is 1. The van der Waals surface area contributed by atoms with Crippen LogP contribution in [0.4, 0.5) is 4.39 Å². The Hall–Kier alpha value is -2.53. The summed E-state index contributed by atoms with van der Waals surface area (Å²) >= 11 is 0. The largest absolute Gasteiger partial charge is 0.306 e. The average Bonchev–Trinajstić information content (AvgIpc) is 3.08. The van der Waals surface area contributed by atoms with Crippen molar-refractivity contribution < 1.29 is 4.39 Å². The molecule has 2 heterocycles. The van der Waals surface area contributed by atoms with Gasteiger partial charge in [0.1, 0.15) is 11.6 Å². The van der Waals surface area contributed by atoms with Gasteiger partial charge in [-0.15, -0.1) is 0 Å². The van der Waals surface area contributed by atoms with Gasteiger partial charge in [-0.05, 0) is 61.8 Å². The molecule has 4 nitrogen and oxygen atoms in total. The van der Waals surface area contributed by atoms with Crippen molar-refractivity contribution in [2.45, 2.75) is 19.4 Å². The van der Waals surface area contributed by atoms with E-state index in [9.17, 15) is 9.18 Å². The van der Waals surface area contributed by atoms with Crippen LogP contribution in [0.5, 0.6) is 0 Å². The van der Waals surface area contributed by atoms with Crippen LogP contribution in [0, 0.1) is 5.82 Å². The van der Waals surface area contributed by atoms with Crippen molar-refractivity contribution in [2.24, 2.45) is 0 Å². The van der Waals surface area contributed by atoms with Gasteiger partial charge in [0.05, 0.1) is 10.9 Å². The molecule has 0 unspecified atom stereocenters. The first-order valence-electron chi connectivity index (χ1n) is 8.21. The maximum absolute atomic E-state index is 13.8. The Kier molecular flexibility index (Phi) is 3.86. The third kappa shape index (κ3) is 2.83. The van der Waals surface area contributed by atoms with Crippen LogP contribution in [-0.4, -0.2) is 28.0 Å². The average molecular weight is 323 g/mol. The minimum Gasteiger partial charge on any atom is -0.306 e. The van der Waals surface area contributed by atoms with Gasteiger partial charge in [0.2, 0.25) is 0 Å². The zero-order valence-electron chi connectivity index (χ0n) is 13.3. The van der Waals surface area contributed by atoms with E-state index < -0.39 is 0 Å². The molecule has 0 atom stereocenters. The normalized spacial score (nSPS) is 15.2. The van der Waals surface area contributed by atoms with Gasteiger partial charge in [-0.1, -0.05) is 12.1 Å². The van der Waals surface area contributed by atoms with Crippen LogP contribution in [0.25, 0.3) is 22.3 Å². The number of aromatic nitrogens is 2. The molecule has 1 N–H and O–H groups in total. The molecule has 1 fully saturated rings. The SMILES string of the molecule is O=c1[nH]c(-c2ccc(F)cc2CN2CCCC2)nc2ccccc12. The lowest BCUT2D eigenvalue weighted by atomic mass is 10.1. The molecule has 1 aliphatic heterocycles. The molecular weight excluding hydrogens is 305 g/mol. The van der Waals surface area contributed by atoms with Gasteiger partial charge in [-0.3, -0.25) is 9.69 Å². The number of fused-ring (bicyclic) bond motifs is 1. The van der Waals surface area contributed by atoms with Crippen molar-refractivity contribution in [3.05, 3.63) is 64.2 Å². The number of halogens is 1. The Labute approximate surface area is 139 Å². The van der Waals surface area contributed by atoms with E-state index in [1.807, 2.05) is 18.2 Å². The standard InChI is InChI=1S/C19H18FN3O/c20-14-7-8-15(13(11-14)12-23-9-3-4-10-23)18-21-17-6-2-1-5-16(17)19(24)22-18/h1-2,5-8,11H,3-4,9-10,12H2,(H,21,22,24). The molecule has 122 valence electrons. The van der Waals surface area contributed by atoms with Gasteiger partial charge >= 0.3 is 0 Å². The third-order valence-electron chi connectivity index (χ3n) is 4.53. The first kappa shape index (κ1) is 15.0. The number of benzene rings is 2. The van der Waals surface area contributed by atoms with Crippen molar-refractivity contribution in [1.82, 2.24) is 14.9 Å². The Balaban J connectivity index is 1.82. The second kappa shape index (κ2) is 6.17. The Bertz CT molecular complexity index is 945. The summed E-state index contributed by atoms with van der Waals surface area (Å²) in [4.78, 5) is 22.0. The van der Waals surface area contributed by atoms with E-state index in [0.29, 0.717) is 23.3 Å². The molecule has 1 aromatic heterocycles. The molecule has 0 saturated carbocycles. The lowest BCUT2D eigenvalue weighted by Gasteiger charge is -2.17. The monoisotopic (exact) mass is 323 g/mol. The van der Waals surface area contributed by atoms with Crippen molar-refractivity contribution in [3.8, 4) is 11.4 Å². The molecule has 5 heteroatoms. The van der Waals surface area contributed by atoms with Gasteiger partial charge in [0.25, 0.3) is 5.56 Å². The number of likely N-dealkylation sites (tertiary alicyclic amines) is 1. The fourth-order valence-electron chi connectivity index (χ4n) is 3.32. The van der Waals surface area contributed by atoms with Crippen LogP contribution < -0.4 is 5.56 Å². The molecule has 1 aliphatic rings. The fraction of sp³-hybridized carbons (Fsp3) is 0.263. The second-order valence-electron chi connectivity index (χ2n) is 6.22. The lowest BCUT2D eigenvalue weighted by molar-refractivity contribution is 0.331. The van der Waals surface area contributed by atoms with E-state index in [2.05, 4.69) is 14.9 Å². The van der Waals surface area contributed by atoms with Crippen LogP contribution >= 0.6 is 0 Å². The fourth-order valence-corrected chi connectivity index (χ4v) is 3.32. The summed E-state index contributed by atoms with van der Waals surface area (Å²) in [6.07, 6.45) is 2.35. The van der Waals surface area contributed by atoms with Crippen molar-refractivity contribution in [1.29, 1.82) is 0 Å². The minimum atomic E-state index is -0.268. The minimum absolute atomic E-state index is 0.174. The Morgan fingerprint density at radius 3 is 2.75 bits per heavy atom. The van der Waals surface area contributed by atoms with E-state index in [0.717, 1.165) is 24.2 Å². The Morgan fingerprint density at radius 2 is 1.92 bits per heavy atom. The highest BCUT2D eigenvalue weighted by atomic mass is 19.1. The van der Waals surface area contributed by atoms with Gasteiger partial charge < -0.3 is 4.98 Å². The number of nitrogens with zero attached hydrogens (tertiary/aromatic N) is 2. The summed E-state index contributed by atoms with van der Waals surface area (Å²) in [6.45, 7) is 2.72. The van der Waals surface area contributed by atoms with Gasteiger partial charge in [0, 0.05) is 12.1 Å². The van der Waals surface area contributed by atoms with Gasteiger partial charge in [-0.2, -0.15) is 0 Å². The summed E-state index contributed by atoms with van der Waals surface area (Å²) < 4.78 is 13.8. The highest BCUT2D eigenvalue weighted by Crippen LogP contribution is 2.24. The van der Waals surface area contributed by atoms with E-state index in [1.165, 1.54) is 18.9 Å². The maximum atomic E-state index is 13.8. The molecule has 0 spiro atoms. The molecule has 2 aromatic carbocycles. The molecule has 0 radical (unpaired) electrons. The topological polar surface area (TPSA) is 49.0 Å². The van der Waals surface area contributed by atoms with Crippen molar-refractivity contribution >= 4 is 10.9 Å². The highest BCUT2D eigenvalue weighted by Gasteiger charge is 2.16. The third-order valence-corrected chi connectivity index (χ3v) is 4.53. The molecule has 4 rings (SSSR count). The van der Waals surface area contributed by atoms with E-state index in [-0.39, 0.29) is 11.4 Å². The summed E-state index contributed by atoms with van der Waals surface area (Å²) in [5, 5.41) is 0.560. The molecule has 0 aliphatic carbocycles. The maximum Gasteiger partial charge on any atom is 0.259 e. The van der Waals surface area contributed by atoms with Crippen LogP contribution in [-0.2, 0) is 6.54 Å². The zero-order chi connectivity index (χ0) is 16.5.